The fraction of sp³-hybridized carbons (Fsp3) is 0.0833. The van der Waals surface area contributed by atoms with Crippen molar-refractivity contribution in [3.63, 3.8) is 0 Å². The molecule has 2 N–H and O–H groups in total. The number of nitrogens with two attached hydrogens (primary N) is 1. The van der Waals surface area contributed by atoms with Crippen LogP contribution in [0.5, 0.6) is 5.75 Å². The Morgan fingerprint density at radius 2 is 1.88 bits per heavy atom. The molecule has 0 saturated carbocycles. The lowest BCUT2D eigenvalue weighted by atomic mass is 10.3. The van der Waals surface area contributed by atoms with Crippen LogP contribution in [0, 0.1) is 0 Å². The zero-order chi connectivity index (χ0) is 11.5. The highest BCUT2D eigenvalue weighted by atomic mass is 16.5. The third-order valence-corrected chi connectivity index (χ3v) is 2.33. The summed E-state index contributed by atoms with van der Waals surface area (Å²) in [6, 6.07) is 10.5. The van der Waals surface area contributed by atoms with E-state index in [0.29, 0.717) is 0 Å². The van der Waals surface area contributed by atoms with Crippen LogP contribution in [-0.2, 0) is 0 Å². The number of pyridine rings is 1. The lowest BCUT2D eigenvalue weighted by molar-refractivity contribution is 0.414. The molecule has 0 saturated heterocycles. The number of benzene rings is 1. The number of anilines is 1. The van der Waals surface area contributed by atoms with E-state index in [0.717, 1.165) is 11.4 Å². The van der Waals surface area contributed by atoms with Gasteiger partial charge in [0.1, 0.15) is 5.75 Å². The van der Waals surface area contributed by atoms with Crippen molar-refractivity contribution in [3.05, 3.63) is 52.9 Å². The molecule has 1 aromatic heterocycles. The van der Waals surface area contributed by atoms with Gasteiger partial charge >= 0.3 is 0 Å². The van der Waals surface area contributed by atoms with Gasteiger partial charge in [0.15, 0.2) is 0 Å². The summed E-state index contributed by atoms with van der Waals surface area (Å²) < 4.78 is 6.54. The van der Waals surface area contributed by atoms with E-state index < -0.39 is 0 Å². The van der Waals surface area contributed by atoms with Gasteiger partial charge in [0.2, 0.25) is 0 Å². The third-order valence-electron chi connectivity index (χ3n) is 2.33. The van der Waals surface area contributed by atoms with Crippen molar-refractivity contribution < 1.29 is 4.74 Å². The van der Waals surface area contributed by atoms with Crippen LogP contribution in [0.15, 0.2) is 47.4 Å². The van der Waals surface area contributed by atoms with E-state index in [1.807, 2.05) is 0 Å². The van der Waals surface area contributed by atoms with E-state index >= 15 is 0 Å². The summed E-state index contributed by atoms with van der Waals surface area (Å²) in [5.74, 6) is 0.751. The Kier molecular flexibility index (Phi) is 2.64. The molecule has 0 atom stereocenters. The van der Waals surface area contributed by atoms with Crippen molar-refractivity contribution in [1.29, 1.82) is 0 Å². The number of hydrogen-bond acceptors (Lipinski definition) is 3. The average molecular weight is 216 g/mol. The lowest BCUT2D eigenvalue weighted by Gasteiger charge is -2.07. The van der Waals surface area contributed by atoms with Crippen LogP contribution in [0.1, 0.15) is 0 Å². The first-order valence-electron chi connectivity index (χ1n) is 4.84. The number of ether oxygens (including phenoxy) is 1. The standard InChI is InChI=1S/C12H12N2O2/c1-16-10-6-4-9(5-7-10)14-8-2-3-11(13)12(14)15/h2-8H,13H2,1H3. The number of aromatic nitrogens is 1. The predicted octanol–water partition coefficient (Wildman–Crippen LogP) is 1.43. The van der Waals surface area contributed by atoms with Crippen molar-refractivity contribution in [2.75, 3.05) is 12.8 Å². The fourth-order valence-electron chi connectivity index (χ4n) is 1.46. The Morgan fingerprint density at radius 1 is 1.19 bits per heavy atom. The van der Waals surface area contributed by atoms with E-state index in [1.54, 1.807) is 49.7 Å². The molecule has 16 heavy (non-hydrogen) atoms. The molecule has 82 valence electrons. The highest BCUT2D eigenvalue weighted by molar-refractivity contribution is 5.42. The quantitative estimate of drug-likeness (QED) is 0.826. The second kappa shape index (κ2) is 4.10. The number of rotatable bonds is 2. The van der Waals surface area contributed by atoms with Crippen molar-refractivity contribution in [2.45, 2.75) is 0 Å². The minimum absolute atomic E-state index is 0.215. The van der Waals surface area contributed by atoms with Crippen molar-refractivity contribution >= 4 is 5.69 Å². The first-order valence-corrected chi connectivity index (χ1v) is 4.84. The van der Waals surface area contributed by atoms with Gasteiger partial charge in [0.25, 0.3) is 5.56 Å². The monoisotopic (exact) mass is 216 g/mol. The minimum atomic E-state index is -0.215. The van der Waals surface area contributed by atoms with Gasteiger partial charge in [-0.05, 0) is 36.4 Å². The molecule has 4 nitrogen and oxygen atoms in total. The maximum Gasteiger partial charge on any atom is 0.278 e. The Hall–Kier alpha value is -2.23. The lowest BCUT2D eigenvalue weighted by Crippen LogP contribution is -2.20. The summed E-state index contributed by atoms with van der Waals surface area (Å²) in [5.41, 5.74) is 6.34. The van der Waals surface area contributed by atoms with Gasteiger partial charge in [-0.1, -0.05) is 0 Å². The Balaban J connectivity index is 2.51. The molecule has 0 aliphatic rings. The predicted molar refractivity (Wildman–Crippen MR) is 63.0 cm³/mol. The van der Waals surface area contributed by atoms with Crippen LogP contribution in [-0.4, -0.2) is 11.7 Å². The van der Waals surface area contributed by atoms with Gasteiger partial charge in [0.05, 0.1) is 12.8 Å². The Morgan fingerprint density at radius 3 is 2.50 bits per heavy atom. The molecule has 0 aliphatic carbocycles. The summed E-state index contributed by atoms with van der Waals surface area (Å²) >= 11 is 0. The summed E-state index contributed by atoms with van der Waals surface area (Å²) in [5, 5.41) is 0. The van der Waals surface area contributed by atoms with E-state index in [-0.39, 0.29) is 11.2 Å². The number of nitrogen functional groups attached to an aromatic ring is 1. The van der Waals surface area contributed by atoms with Gasteiger partial charge in [-0.3, -0.25) is 9.36 Å². The number of methoxy groups -OCH3 is 1. The number of nitrogens with zero attached hydrogens (tertiary/aromatic N) is 1. The topological polar surface area (TPSA) is 57.2 Å². The molecule has 0 radical (unpaired) electrons. The summed E-state index contributed by atoms with van der Waals surface area (Å²) in [4.78, 5) is 11.7. The van der Waals surface area contributed by atoms with Crippen LogP contribution >= 0.6 is 0 Å². The van der Waals surface area contributed by atoms with Crippen LogP contribution in [0.3, 0.4) is 0 Å². The van der Waals surface area contributed by atoms with E-state index in [1.165, 1.54) is 4.57 Å². The highest BCUT2D eigenvalue weighted by Gasteiger charge is 2.01. The second-order valence-electron chi connectivity index (χ2n) is 3.34. The maximum atomic E-state index is 11.7. The SMILES string of the molecule is COc1ccc(-n2cccc(N)c2=O)cc1. The van der Waals surface area contributed by atoms with Gasteiger partial charge in [-0.2, -0.15) is 0 Å². The van der Waals surface area contributed by atoms with Crippen molar-refractivity contribution in [3.8, 4) is 11.4 Å². The molecular weight excluding hydrogens is 204 g/mol. The maximum absolute atomic E-state index is 11.7. The molecule has 0 aliphatic heterocycles. The first kappa shape index (κ1) is 10.3. The van der Waals surface area contributed by atoms with E-state index in [2.05, 4.69) is 0 Å². The van der Waals surface area contributed by atoms with Gasteiger partial charge in [-0.25, -0.2) is 0 Å². The largest absolute Gasteiger partial charge is 0.497 e. The molecule has 4 heteroatoms. The van der Waals surface area contributed by atoms with Crippen LogP contribution in [0.4, 0.5) is 5.69 Å². The highest BCUT2D eigenvalue weighted by Crippen LogP contribution is 2.13. The fourth-order valence-corrected chi connectivity index (χ4v) is 1.46. The molecule has 1 aromatic carbocycles. The van der Waals surface area contributed by atoms with E-state index in [9.17, 15) is 4.79 Å². The summed E-state index contributed by atoms with van der Waals surface area (Å²) in [7, 11) is 1.60. The molecule has 2 aromatic rings. The molecule has 0 fully saturated rings. The molecule has 0 bridgehead atoms. The minimum Gasteiger partial charge on any atom is -0.497 e. The van der Waals surface area contributed by atoms with Gasteiger partial charge in [-0.15, -0.1) is 0 Å². The summed E-state index contributed by atoms with van der Waals surface area (Å²) in [6.45, 7) is 0. The molecular formula is C12H12N2O2. The van der Waals surface area contributed by atoms with Gasteiger partial charge < -0.3 is 10.5 Å². The zero-order valence-corrected chi connectivity index (χ0v) is 8.88. The average Bonchev–Trinajstić information content (AvgIpc) is 2.33. The third kappa shape index (κ3) is 1.77. The first-order chi connectivity index (χ1) is 7.72. The van der Waals surface area contributed by atoms with Crippen LogP contribution < -0.4 is 16.0 Å². The molecule has 0 amide bonds. The van der Waals surface area contributed by atoms with Crippen molar-refractivity contribution in [2.24, 2.45) is 0 Å². The van der Waals surface area contributed by atoms with Crippen LogP contribution in [0.2, 0.25) is 0 Å². The van der Waals surface area contributed by atoms with Gasteiger partial charge in [0, 0.05) is 11.9 Å². The molecule has 0 spiro atoms. The van der Waals surface area contributed by atoms with E-state index in [4.69, 9.17) is 10.5 Å². The number of hydrogen-bond donors (Lipinski definition) is 1. The Labute approximate surface area is 92.9 Å². The zero-order valence-electron chi connectivity index (χ0n) is 8.88. The normalized spacial score (nSPS) is 10.1. The second-order valence-corrected chi connectivity index (χ2v) is 3.34. The Bertz CT molecular complexity index is 544. The smallest absolute Gasteiger partial charge is 0.278 e. The van der Waals surface area contributed by atoms with Crippen LogP contribution in [0.25, 0.3) is 5.69 Å². The van der Waals surface area contributed by atoms with Crippen molar-refractivity contribution in [1.82, 2.24) is 4.57 Å². The summed E-state index contributed by atoms with van der Waals surface area (Å²) in [6.07, 6.45) is 1.68. The molecule has 2 rings (SSSR count). The molecule has 1 heterocycles. The molecule has 0 unspecified atom stereocenters.